The number of benzene rings is 1. The smallest absolute Gasteiger partial charge is 0.227 e. The van der Waals surface area contributed by atoms with Gasteiger partial charge in [0.15, 0.2) is 0 Å². The predicted molar refractivity (Wildman–Crippen MR) is 82.5 cm³/mol. The second-order valence-corrected chi connectivity index (χ2v) is 5.77. The number of carbonyl (C=O) groups excluding carboxylic acids is 1. The van der Waals surface area contributed by atoms with Crippen LogP contribution in [0, 0.1) is 5.92 Å². The zero-order valence-corrected chi connectivity index (χ0v) is 12.3. The minimum Gasteiger partial charge on any atom is -0.328 e. The molecule has 5 nitrogen and oxygen atoms in total. The first-order valence-electron chi connectivity index (χ1n) is 6.98. The number of anilines is 1. The van der Waals surface area contributed by atoms with Crippen molar-refractivity contribution in [1.82, 2.24) is 9.55 Å². The number of nitrogens with two attached hydrogens (primary N) is 1. The molecule has 1 fully saturated rings. The molecule has 3 N–H and O–H groups in total. The second-order valence-electron chi connectivity index (χ2n) is 5.37. The number of hydrogen-bond donors (Lipinski definition) is 2. The van der Waals surface area contributed by atoms with E-state index >= 15 is 0 Å². The molecule has 1 saturated carbocycles. The molecule has 2 unspecified atom stereocenters. The van der Waals surface area contributed by atoms with Gasteiger partial charge in [0.1, 0.15) is 0 Å². The van der Waals surface area contributed by atoms with E-state index in [1.807, 2.05) is 12.1 Å². The van der Waals surface area contributed by atoms with E-state index in [-0.39, 0.29) is 17.9 Å². The molecule has 1 aromatic heterocycles. The molecule has 0 aliphatic heterocycles. The summed E-state index contributed by atoms with van der Waals surface area (Å²) in [5.74, 6) is -0.0128. The highest BCUT2D eigenvalue weighted by Crippen LogP contribution is 2.30. The highest BCUT2D eigenvalue weighted by Gasteiger charge is 2.28. The van der Waals surface area contributed by atoms with Crippen LogP contribution in [0.5, 0.6) is 0 Å². The molecule has 0 spiro atoms. The number of para-hydroxylation sites is 1. The normalized spacial score (nSPS) is 21.4. The summed E-state index contributed by atoms with van der Waals surface area (Å²) >= 11 is 6.27. The molecule has 110 valence electrons. The number of halogens is 1. The standard InChI is InChI=1S/C15H17ClN4O/c16-12-2-1-3-13(14(12)20-7-6-18-9-20)19-15(21)10-4-5-11(17)8-10/h1-3,6-7,9-11H,4-5,8,17H2,(H,19,21). The first kappa shape index (κ1) is 14.1. The number of aromatic nitrogens is 2. The molecule has 0 radical (unpaired) electrons. The second kappa shape index (κ2) is 5.87. The summed E-state index contributed by atoms with van der Waals surface area (Å²) in [6.45, 7) is 0. The van der Waals surface area contributed by atoms with Gasteiger partial charge in [-0.2, -0.15) is 0 Å². The van der Waals surface area contributed by atoms with Crippen molar-refractivity contribution in [2.24, 2.45) is 11.7 Å². The molecule has 2 atom stereocenters. The Hall–Kier alpha value is -1.85. The van der Waals surface area contributed by atoms with Gasteiger partial charge >= 0.3 is 0 Å². The Balaban J connectivity index is 1.86. The minimum absolute atomic E-state index is 0.00609. The van der Waals surface area contributed by atoms with Crippen molar-refractivity contribution >= 4 is 23.2 Å². The van der Waals surface area contributed by atoms with Crippen LogP contribution < -0.4 is 11.1 Å². The van der Waals surface area contributed by atoms with Crippen LogP contribution in [0.2, 0.25) is 5.02 Å². The van der Waals surface area contributed by atoms with Crippen molar-refractivity contribution < 1.29 is 4.79 Å². The first-order valence-corrected chi connectivity index (χ1v) is 7.36. The topological polar surface area (TPSA) is 72.9 Å². The zero-order valence-electron chi connectivity index (χ0n) is 11.5. The predicted octanol–water partition coefficient (Wildman–Crippen LogP) is 2.59. The minimum atomic E-state index is -0.0189. The molecule has 1 amide bonds. The van der Waals surface area contributed by atoms with Crippen LogP contribution in [0.3, 0.4) is 0 Å². The molecule has 1 aromatic carbocycles. The monoisotopic (exact) mass is 304 g/mol. The SMILES string of the molecule is NC1CCC(C(=O)Nc2cccc(Cl)c2-n2ccnc2)C1. The van der Waals surface area contributed by atoms with Gasteiger partial charge in [0, 0.05) is 24.4 Å². The molecule has 21 heavy (non-hydrogen) atoms. The Morgan fingerprint density at radius 2 is 2.29 bits per heavy atom. The third kappa shape index (κ3) is 2.94. The lowest BCUT2D eigenvalue weighted by Crippen LogP contribution is -2.23. The summed E-state index contributed by atoms with van der Waals surface area (Å²) in [7, 11) is 0. The van der Waals surface area contributed by atoms with E-state index in [1.54, 1.807) is 29.4 Å². The van der Waals surface area contributed by atoms with Crippen LogP contribution in [0.25, 0.3) is 5.69 Å². The van der Waals surface area contributed by atoms with Gasteiger partial charge in [0.05, 0.1) is 22.7 Å². The Morgan fingerprint density at radius 1 is 1.43 bits per heavy atom. The summed E-state index contributed by atoms with van der Waals surface area (Å²) in [5.41, 5.74) is 7.29. The van der Waals surface area contributed by atoms with Crippen LogP contribution in [-0.2, 0) is 4.79 Å². The number of amides is 1. The van der Waals surface area contributed by atoms with E-state index in [4.69, 9.17) is 17.3 Å². The van der Waals surface area contributed by atoms with Gasteiger partial charge in [-0.15, -0.1) is 0 Å². The van der Waals surface area contributed by atoms with Crippen molar-refractivity contribution in [2.45, 2.75) is 25.3 Å². The van der Waals surface area contributed by atoms with Crippen molar-refractivity contribution in [3.8, 4) is 5.69 Å². The highest BCUT2D eigenvalue weighted by molar-refractivity contribution is 6.33. The summed E-state index contributed by atoms with van der Waals surface area (Å²) in [4.78, 5) is 16.4. The lowest BCUT2D eigenvalue weighted by atomic mass is 10.1. The van der Waals surface area contributed by atoms with Crippen molar-refractivity contribution in [2.75, 3.05) is 5.32 Å². The maximum Gasteiger partial charge on any atom is 0.227 e. The molecule has 3 rings (SSSR count). The van der Waals surface area contributed by atoms with Crippen molar-refractivity contribution in [3.05, 3.63) is 41.9 Å². The summed E-state index contributed by atoms with van der Waals surface area (Å²) in [6.07, 6.45) is 7.61. The Bertz CT molecular complexity index is 641. The average molecular weight is 305 g/mol. The fourth-order valence-electron chi connectivity index (χ4n) is 2.76. The quantitative estimate of drug-likeness (QED) is 0.915. The maximum atomic E-state index is 12.4. The van der Waals surface area contributed by atoms with Gasteiger partial charge in [-0.1, -0.05) is 17.7 Å². The Morgan fingerprint density at radius 3 is 2.95 bits per heavy atom. The number of hydrogen-bond acceptors (Lipinski definition) is 3. The van der Waals surface area contributed by atoms with Crippen LogP contribution in [0.15, 0.2) is 36.9 Å². The van der Waals surface area contributed by atoms with E-state index in [0.29, 0.717) is 10.7 Å². The lowest BCUT2D eigenvalue weighted by molar-refractivity contribution is -0.119. The number of nitrogens with one attached hydrogen (secondary N) is 1. The van der Waals surface area contributed by atoms with E-state index < -0.39 is 0 Å². The van der Waals surface area contributed by atoms with Crippen LogP contribution in [0.1, 0.15) is 19.3 Å². The van der Waals surface area contributed by atoms with Crippen LogP contribution in [0.4, 0.5) is 5.69 Å². The number of carbonyl (C=O) groups is 1. The molecule has 6 heteroatoms. The third-order valence-electron chi connectivity index (χ3n) is 3.85. The Kier molecular flexibility index (Phi) is 3.94. The average Bonchev–Trinajstić information content (AvgIpc) is 3.10. The zero-order chi connectivity index (χ0) is 14.8. The van der Waals surface area contributed by atoms with Gasteiger partial charge in [-0.05, 0) is 31.4 Å². The molecule has 0 saturated heterocycles. The number of rotatable bonds is 3. The summed E-state index contributed by atoms with van der Waals surface area (Å²) in [6, 6.07) is 5.58. The molecular formula is C15H17ClN4O. The summed E-state index contributed by atoms with van der Waals surface area (Å²) in [5, 5.41) is 3.54. The molecular weight excluding hydrogens is 288 g/mol. The fourth-order valence-corrected chi connectivity index (χ4v) is 3.03. The summed E-state index contributed by atoms with van der Waals surface area (Å²) < 4.78 is 1.79. The van der Waals surface area contributed by atoms with Gasteiger partial charge < -0.3 is 15.6 Å². The van der Waals surface area contributed by atoms with Crippen LogP contribution >= 0.6 is 11.6 Å². The van der Waals surface area contributed by atoms with E-state index in [9.17, 15) is 4.79 Å². The Labute approximate surface area is 128 Å². The first-order chi connectivity index (χ1) is 10.1. The third-order valence-corrected chi connectivity index (χ3v) is 4.16. The fraction of sp³-hybridized carbons (Fsp3) is 0.333. The van der Waals surface area contributed by atoms with Gasteiger partial charge in [-0.3, -0.25) is 4.79 Å². The lowest BCUT2D eigenvalue weighted by Gasteiger charge is -2.15. The molecule has 1 aliphatic carbocycles. The van der Waals surface area contributed by atoms with E-state index in [1.165, 1.54) is 0 Å². The van der Waals surface area contributed by atoms with Crippen LogP contribution in [-0.4, -0.2) is 21.5 Å². The highest BCUT2D eigenvalue weighted by atomic mass is 35.5. The maximum absolute atomic E-state index is 12.4. The number of imidazole rings is 1. The van der Waals surface area contributed by atoms with E-state index in [0.717, 1.165) is 24.9 Å². The van der Waals surface area contributed by atoms with Gasteiger partial charge in [0.2, 0.25) is 5.91 Å². The van der Waals surface area contributed by atoms with E-state index in [2.05, 4.69) is 10.3 Å². The number of nitrogens with zero attached hydrogens (tertiary/aromatic N) is 2. The largest absolute Gasteiger partial charge is 0.328 e. The van der Waals surface area contributed by atoms with Crippen molar-refractivity contribution in [1.29, 1.82) is 0 Å². The molecule has 1 aliphatic rings. The van der Waals surface area contributed by atoms with Gasteiger partial charge in [0.25, 0.3) is 0 Å². The molecule has 1 heterocycles. The molecule has 0 bridgehead atoms. The molecule has 2 aromatic rings. The van der Waals surface area contributed by atoms with Crippen molar-refractivity contribution in [3.63, 3.8) is 0 Å². The van der Waals surface area contributed by atoms with Gasteiger partial charge in [-0.25, -0.2) is 4.98 Å².